The van der Waals surface area contributed by atoms with Gasteiger partial charge in [-0.3, -0.25) is 4.90 Å². The Bertz CT molecular complexity index is 176. The highest BCUT2D eigenvalue weighted by Gasteiger charge is 2.40. The number of nitrogens with zero attached hydrogens (tertiary/aromatic N) is 1. The molecule has 0 radical (unpaired) electrons. The summed E-state index contributed by atoms with van der Waals surface area (Å²) in [6.07, 6.45) is -0.329. The maximum atomic E-state index is 9.49. The summed E-state index contributed by atoms with van der Waals surface area (Å²) in [6.45, 7) is 1.35. The predicted octanol–water partition coefficient (Wildman–Crippen LogP) is -1.45. The fourth-order valence-electron chi connectivity index (χ4n) is 2.20. The first-order valence-electron chi connectivity index (χ1n) is 4.46. The molecule has 0 saturated carbocycles. The molecule has 70 valence electrons. The fraction of sp³-hybridized carbons (Fsp3) is 1.00. The van der Waals surface area contributed by atoms with E-state index in [9.17, 15) is 15.3 Å². The Morgan fingerprint density at radius 3 is 2.50 bits per heavy atom. The van der Waals surface area contributed by atoms with E-state index in [1.807, 2.05) is 0 Å². The normalized spacial score (nSPS) is 49.2. The van der Waals surface area contributed by atoms with Crippen LogP contribution in [0.15, 0.2) is 0 Å². The molecular formula is C8H15NO3. The molecule has 12 heavy (non-hydrogen) atoms. The second-order valence-electron chi connectivity index (χ2n) is 3.79. The van der Waals surface area contributed by atoms with E-state index >= 15 is 0 Å². The van der Waals surface area contributed by atoms with Crippen molar-refractivity contribution < 1.29 is 15.3 Å². The summed E-state index contributed by atoms with van der Waals surface area (Å²) >= 11 is 0. The molecule has 0 aromatic heterocycles. The lowest BCUT2D eigenvalue weighted by Crippen LogP contribution is -2.51. The van der Waals surface area contributed by atoms with Crippen molar-refractivity contribution in [3.8, 4) is 0 Å². The Balaban J connectivity index is 2.04. The van der Waals surface area contributed by atoms with Crippen LogP contribution in [0.1, 0.15) is 12.8 Å². The molecule has 2 saturated heterocycles. The second-order valence-corrected chi connectivity index (χ2v) is 3.79. The molecule has 2 heterocycles. The summed E-state index contributed by atoms with van der Waals surface area (Å²) in [7, 11) is 0. The zero-order valence-electron chi connectivity index (χ0n) is 6.93. The zero-order valence-corrected chi connectivity index (χ0v) is 6.93. The highest BCUT2D eigenvalue weighted by atomic mass is 16.3. The van der Waals surface area contributed by atoms with Gasteiger partial charge in [0.05, 0.1) is 18.3 Å². The molecule has 0 aliphatic carbocycles. The van der Waals surface area contributed by atoms with Gasteiger partial charge in [0, 0.05) is 19.1 Å². The van der Waals surface area contributed by atoms with Gasteiger partial charge in [0.1, 0.15) is 0 Å². The quantitative estimate of drug-likeness (QED) is 0.419. The molecule has 2 aliphatic rings. The average Bonchev–Trinajstić information content (AvgIpc) is 2.35. The van der Waals surface area contributed by atoms with E-state index < -0.39 is 12.2 Å². The molecular weight excluding hydrogens is 158 g/mol. The third-order valence-corrected chi connectivity index (χ3v) is 2.97. The van der Waals surface area contributed by atoms with Crippen LogP contribution in [-0.4, -0.2) is 57.7 Å². The molecule has 0 aromatic rings. The standard InChI is InChI=1S/C8H15NO3/c10-6-1-2-9-4-8(12)7(11)3-5(6)9/h5-8,10-12H,1-4H2/t5-,6-,7+,8-/m1/s1. The van der Waals surface area contributed by atoms with Crippen molar-refractivity contribution in [3.05, 3.63) is 0 Å². The number of hydrogen-bond acceptors (Lipinski definition) is 4. The average molecular weight is 173 g/mol. The predicted molar refractivity (Wildman–Crippen MR) is 42.6 cm³/mol. The van der Waals surface area contributed by atoms with Gasteiger partial charge in [-0.1, -0.05) is 0 Å². The van der Waals surface area contributed by atoms with E-state index in [0.717, 1.165) is 13.0 Å². The Labute approximate surface area is 71.4 Å². The fourth-order valence-corrected chi connectivity index (χ4v) is 2.20. The van der Waals surface area contributed by atoms with Crippen LogP contribution in [-0.2, 0) is 0 Å². The van der Waals surface area contributed by atoms with Gasteiger partial charge in [-0.15, -0.1) is 0 Å². The van der Waals surface area contributed by atoms with Gasteiger partial charge in [0.15, 0.2) is 0 Å². The summed E-state index contributed by atoms with van der Waals surface area (Å²) in [6, 6.07) is 0.0726. The van der Waals surface area contributed by atoms with Crippen LogP contribution in [0.4, 0.5) is 0 Å². The second kappa shape index (κ2) is 2.96. The van der Waals surface area contributed by atoms with Crippen molar-refractivity contribution in [2.75, 3.05) is 13.1 Å². The van der Waals surface area contributed by atoms with E-state index in [1.54, 1.807) is 0 Å². The highest BCUT2D eigenvalue weighted by Crippen LogP contribution is 2.27. The number of piperidine rings is 1. The monoisotopic (exact) mass is 173 g/mol. The third kappa shape index (κ3) is 1.25. The Kier molecular flexibility index (Phi) is 2.08. The Hall–Kier alpha value is -0.160. The highest BCUT2D eigenvalue weighted by molar-refractivity contribution is 4.95. The van der Waals surface area contributed by atoms with Crippen molar-refractivity contribution in [2.24, 2.45) is 0 Å². The Morgan fingerprint density at radius 2 is 1.75 bits per heavy atom. The summed E-state index contributed by atoms with van der Waals surface area (Å²) in [5.74, 6) is 0. The molecule has 2 fully saturated rings. The zero-order chi connectivity index (χ0) is 8.72. The van der Waals surface area contributed by atoms with Crippen LogP contribution in [0.2, 0.25) is 0 Å². The van der Waals surface area contributed by atoms with E-state index in [0.29, 0.717) is 13.0 Å². The minimum atomic E-state index is -0.654. The maximum Gasteiger partial charge on any atom is 0.0926 e. The largest absolute Gasteiger partial charge is 0.391 e. The van der Waals surface area contributed by atoms with Crippen LogP contribution < -0.4 is 0 Å². The number of aliphatic hydroxyl groups excluding tert-OH is 3. The molecule has 0 aromatic carbocycles. The summed E-state index contributed by atoms with van der Waals surface area (Å²) in [5.41, 5.74) is 0. The van der Waals surface area contributed by atoms with Crippen LogP contribution in [0.25, 0.3) is 0 Å². The molecule has 3 N–H and O–H groups in total. The number of hydrogen-bond donors (Lipinski definition) is 3. The molecule has 0 bridgehead atoms. The van der Waals surface area contributed by atoms with Crippen LogP contribution in [0.3, 0.4) is 0 Å². The number of rotatable bonds is 0. The minimum absolute atomic E-state index is 0.0726. The minimum Gasteiger partial charge on any atom is -0.391 e. The third-order valence-electron chi connectivity index (χ3n) is 2.97. The first kappa shape index (κ1) is 8.44. The van der Waals surface area contributed by atoms with Crippen molar-refractivity contribution in [2.45, 2.75) is 37.2 Å². The van der Waals surface area contributed by atoms with E-state index in [1.165, 1.54) is 0 Å². The topological polar surface area (TPSA) is 63.9 Å². The van der Waals surface area contributed by atoms with Crippen LogP contribution >= 0.6 is 0 Å². The lowest BCUT2D eigenvalue weighted by atomic mass is 9.96. The summed E-state index contributed by atoms with van der Waals surface area (Å²) in [4.78, 5) is 2.06. The van der Waals surface area contributed by atoms with Crippen molar-refractivity contribution >= 4 is 0 Å². The van der Waals surface area contributed by atoms with Gasteiger partial charge in [0.25, 0.3) is 0 Å². The molecule has 2 aliphatic heterocycles. The van der Waals surface area contributed by atoms with Gasteiger partial charge in [0.2, 0.25) is 0 Å². The van der Waals surface area contributed by atoms with Crippen molar-refractivity contribution in [1.29, 1.82) is 0 Å². The molecule has 2 rings (SSSR count). The smallest absolute Gasteiger partial charge is 0.0926 e. The number of aliphatic hydroxyl groups is 3. The van der Waals surface area contributed by atoms with E-state index in [-0.39, 0.29) is 12.1 Å². The molecule has 0 spiro atoms. The van der Waals surface area contributed by atoms with Gasteiger partial charge in [-0.05, 0) is 12.8 Å². The molecule has 4 heteroatoms. The van der Waals surface area contributed by atoms with Crippen LogP contribution in [0, 0.1) is 0 Å². The SMILES string of the molecule is O[C@@H]1CCN2C[C@@H](O)[C@@H](O)C[C@H]12. The van der Waals surface area contributed by atoms with E-state index in [2.05, 4.69) is 4.90 Å². The first-order chi connectivity index (χ1) is 5.68. The molecule has 0 unspecified atom stereocenters. The van der Waals surface area contributed by atoms with Gasteiger partial charge in [-0.2, -0.15) is 0 Å². The van der Waals surface area contributed by atoms with Crippen molar-refractivity contribution in [1.82, 2.24) is 4.90 Å². The Morgan fingerprint density at radius 1 is 1.00 bits per heavy atom. The summed E-state index contributed by atoms with van der Waals surface area (Å²) in [5, 5.41) is 28.2. The van der Waals surface area contributed by atoms with Crippen LogP contribution in [0.5, 0.6) is 0 Å². The number of fused-ring (bicyclic) bond motifs is 1. The van der Waals surface area contributed by atoms with Gasteiger partial charge < -0.3 is 15.3 Å². The maximum absolute atomic E-state index is 9.49. The van der Waals surface area contributed by atoms with Gasteiger partial charge >= 0.3 is 0 Å². The van der Waals surface area contributed by atoms with E-state index in [4.69, 9.17) is 0 Å². The summed E-state index contributed by atoms with van der Waals surface area (Å²) < 4.78 is 0. The lowest BCUT2D eigenvalue weighted by molar-refractivity contribution is -0.0643. The van der Waals surface area contributed by atoms with Gasteiger partial charge in [-0.25, -0.2) is 0 Å². The lowest BCUT2D eigenvalue weighted by Gasteiger charge is -2.36. The first-order valence-corrected chi connectivity index (χ1v) is 4.46. The molecule has 4 atom stereocenters. The van der Waals surface area contributed by atoms with Crippen molar-refractivity contribution in [3.63, 3.8) is 0 Å². The molecule has 0 amide bonds. The molecule has 4 nitrogen and oxygen atoms in total.